The third-order valence-electron chi connectivity index (χ3n) is 3.67. The Bertz CT molecular complexity index is 856. The molecule has 0 saturated heterocycles. The Morgan fingerprint density at radius 3 is 2.88 bits per heavy atom. The van der Waals surface area contributed by atoms with Gasteiger partial charge < -0.3 is 9.84 Å². The maximum atomic E-state index is 13.4. The first-order chi connectivity index (χ1) is 12.0. The van der Waals surface area contributed by atoms with Gasteiger partial charge in [0.05, 0.1) is 23.0 Å². The maximum Gasteiger partial charge on any atom is 0.317 e. The lowest BCUT2D eigenvalue weighted by Gasteiger charge is -2.11. The van der Waals surface area contributed by atoms with Gasteiger partial charge in [-0.05, 0) is 42.8 Å². The summed E-state index contributed by atoms with van der Waals surface area (Å²) in [6, 6.07) is 9.67. The Kier molecular flexibility index (Phi) is 5.30. The van der Waals surface area contributed by atoms with Crippen LogP contribution in [0.2, 0.25) is 5.02 Å². The molecular formula is C18H15ClFNO3S. The lowest BCUT2D eigenvalue weighted by atomic mass is 10.0. The van der Waals surface area contributed by atoms with Crippen molar-refractivity contribution in [3.63, 3.8) is 0 Å². The molecule has 3 rings (SSSR count). The van der Waals surface area contributed by atoms with Crippen LogP contribution >= 0.6 is 23.4 Å². The molecule has 1 heterocycles. The molecule has 0 unspecified atom stereocenters. The van der Waals surface area contributed by atoms with E-state index in [4.69, 9.17) is 16.3 Å². The van der Waals surface area contributed by atoms with E-state index >= 15 is 0 Å². The van der Waals surface area contributed by atoms with Gasteiger partial charge in [-0.3, -0.25) is 9.79 Å². The van der Waals surface area contributed by atoms with E-state index < -0.39 is 17.0 Å². The van der Waals surface area contributed by atoms with Crippen molar-refractivity contribution >= 4 is 40.7 Å². The molecule has 1 aliphatic rings. The Hall–Kier alpha value is -2.05. The van der Waals surface area contributed by atoms with Gasteiger partial charge in [-0.1, -0.05) is 17.7 Å². The zero-order valence-electron chi connectivity index (χ0n) is 13.3. The van der Waals surface area contributed by atoms with Crippen molar-refractivity contribution in [2.24, 2.45) is 4.99 Å². The molecule has 4 nitrogen and oxygen atoms in total. The van der Waals surface area contributed by atoms with Crippen LogP contribution in [0.25, 0.3) is 0 Å². The van der Waals surface area contributed by atoms with Crippen LogP contribution in [-0.2, 0) is 4.79 Å². The molecule has 0 fully saturated rings. The molecule has 0 saturated carbocycles. The number of hydrogen-bond acceptors (Lipinski definition) is 4. The normalized spacial score (nSPS) is 16.6. The molecular weight excluding hydrogens is 365 g/mol. The first-order valence-electron chi connectivity index (χ1n) is 7.67. The summed E-state index contributed by atoms with van der Waals surface area (Å²) in [7, 11) is 0. The van der Waals surface area contributed by atoms with Gasteiger partial charge in [0, 0.05) is 11.3 Å². The summed E-state index contributed by atoms with van der Waals surface area (Å²) >= 11 is 7.09. The van der Waals surface area contributed by atoms with E-state index in [0.29, 0.717) is 29.3 Å². The Morgan fingerprint density at radius 2 is 2.20 bits per heavy atom. The van der Waals surface area contributed by atoms with Crippen LogP contribution in [0, 0.1) is 5.82 Å². The van der Waals surface area contributed by atoms with Crippen molar-refractivity contribution in [3.05, 3.63) is 52.8 Å². The molecule has 7 heteroatoms. The smallest absolute Gasteiger partial charge is 0.317 e. The number of fused-ring (bicyclic) bond motifs is 1. The van der Waals surface area contributed by atoms with Crippen molar-refractivity contribution < 1.29 is 19.0 Å². The Labute approximate surface area is 153 Å². The highest BCUT2D eigenvalue weighted by Crippen LogP contribution is 2.40. The zero-order valence-corrected chi connectivity index (χ0v) is 14.9. The van der Waals surface area contributed by atoms with Gasteiger partial charge in [0.2, 0.25) is 0 Å². The second-order valence-electron chi connectivity index (χ2n) is 5.40. The van der Waals surface area contributed by atoms with E-state index in [1.165, 1.54) is 23.9 Å². The molecule has 1 atom stereocenters. The molecule has 0 spiro atoms. The lowest BCUT2D eigenvalue weighted by Crippen LogP contribution is -2.20. The molecule has 0 aliphatic carbocycles. The number of aliphatic carboxylic acids is 1. The Balaban J connectivity index is 2.07. The van der Waals surface area contributed by atoms with Crippen molar-refractivity contribution in [1.29, 1.82) is 0 Å². The van der Waals surface area contributed by atoms with Crippen LogP contribution in [0.15, 0.2) is 46.3 Å². The quantitative estimate of drug-likeness (QED) is 0.816. The number of hydrogen-bond donors (Lipinski definition) is 1. The van der Waals surface area contributed by atoms with E-state index in [0.717, 1.165) is 4.90 Å². The number of carboxylic acids is 1. The zero-order chi connectivity index (χ0) is 18.0. The molecule has 2 aromatic carbocycles. The van der Waals surface area contributed by atoms with Crippen LogP contribution < -0.4 is 4.74 Å². The van der Waals surface area contributed by atoms with Crippen molar-refractivity contribution in [3.8, 4) is 5.75 Å². The van der Waals surface area contributed by atoms with E-state index in [2.05, 4.69) is 4.99 Å². The van der Waals surface area contributed by atoms with Crippen LogP contribution in [0.1, 0.15) is 18.9 Å². The predicted molar refractivity (Wildman–Crippen MR) is 97.1 cm³/mol. The summed E-state index contributed by atoms with van der Waals surface area (Å²) < 4.78 is 18.9. The summed E-state index contributed by atoms with van der Waals surface area (Å²) in [4.78, 5) is 17.0. The summed E-state index contributed by atoms with van der Waals surface area (Å²) in [6.45, 7) is 2.40. The number of carboxylic acid groups (broad SMARTS) is 1. The third kappa shape index (κ3) is 3.96. The fourth-order valence-corrected chi connectivity index (χ4v) is 3.74. The molecule has 130 valence electrons. The van der Waals surface area contributed by atoms with Crippen molar-refractivity contribution in [2.45, 2.75) is 23.5 Å². The number of halogens is 2. The highest BCUT2D eigenvalue weighted by Gasteiger charge is 2.27. The van der Waals surface area contributed by atoms with E-state index in [-0.39, 0.29) is 11.4 Å². The summed E-state index contributed by atoms with van der Waals surface area (Å²) in [5.41, 5.74) is 1.83. The minimum Gasteiger partial charge on any atom is -0.494 e. The van der Waals surface area contributed by atoms with Crippen LogP contribution in [0.4, 0.5) is 10.1 Å². The summed E-state index contributed by atoms with van der Waals surface area (Å²) in [5, 5.41) is 8.81. The topological polar surface area (TPSA) is 58.9 Å². The molecule has 1 aliphatic heterocycles. The van der Waals surface area contributed by atoms with Gasteiger partial charge in [0.25, 0.3) is 0 Å². The number of aliphatic imine (C=N–C) groups is 1. The number of nitrogens with zero attached hydrogens (tertiary/aromatic N) is 1. The molecule has 0 radical (unpaired) electrons. The van der Waals surface area contributed by atoms with Crippen molar-refractivity contribution in [1.82, 2.24) is 0 Å². The maximum absolute atomic E-state index is 13.4. The minimum atomic E-state index is -0.930. The second kappa shape index (κ2) is 7.45. The summed E-state index contributed by atoms with van der Waals surface area (Å²) in [5.74, 6) is -0.785. The average molecular weight is 380 g/mol. The van der Waals surface area contributed by atoms with Gasteiger partial charge >= 0.3 is 5.97 Å². The van der Waals surface area contributed by atoms with Gasteiger partial charge in [0.1, 0.15) is 16.8 Å². The predicted octanol–water partition coefficient (Wildman–Crippen LogP) is 4.95. The summed E-state index contributed by atoms with van der Waals surface area (Å²) in [6.07, 6.45) is 0.209. The molecule has 25 heavy (non-hydrogen) atoms. The highest BCUT2D eigenvalue weighted by atomic mass is 35.5. The minimum absolute atomic E-state index is 0.0177. The molecule has 0 aromatic heterocycles. The third-order valence-corrected chi connectivity index (χ3v) is 5.20. The SMILES string of the molecule is CCOc1ccc2c(c1)S[C@@H](C(=O)O)CC(c1ccc(F)c(Cl)c1)=N2. The Morgan fingerprint density at radius 1 is 1.40 bits per heavy atom. The molecule has 2 aromatic rings. The van der Waals surface area contributed by atoms with E-state index in [9.17, 15) is 14.3 Å². The van der Waals surface area contributed by atoms with Crippen LogP contribution in [-0.4, -0.2) is 28.6 Å². The van der Waals surface area contributed by atoms with Gasteiger partial charge in [0.15, 0.2) is 0 Å². The molecule has 0 amide bonds. The fourth-order valence-electron chi connectivity index (χ4n) is 2.49. The van der Waals surface area contributed by atoms with Crippen molar-refractivity contribution in [2.75, 3.05) is 6.61 Å². The average Bonchev–Trinajstić information content (AvgIpc) is 2.77. The first kappa shape index (κ1) is 17.8. The van der Waals surface area contributed by atoms with E-state index in [1.807, 2.05) is 6.92 Å². The van der Waals surface area contributed by atoms with Crippen LogP contribution in [0.3, 0.4) is 0 Å². The first-order valence-corrected chi connectivity index (χ1v) is 8.93. The fraction of sp³-hybridized carbons (Fsp3) is 0.222. The number of rotatable bonds is 4. The van der Waals surface area contributed by atoms with Crippen LogP contribution in [0.5, 0.6) is 5.75 Å². The van der Waals surface area contributed by atoms with E-state index in [1.54, 1.807) is 24.3 Å². The van der Waals surface area contributed by atoms with Gasteiger partial charge in [-0.25, -0.2) is 4.39 Å². The number of thioether (sulfide) groups is 1. The molecule has 1 N–H and O–H groups in total. The number of carbonyl (C=O) groups is 1. The monoisotopic (exact) mass is 379 g/mol. The largest absolute Gasteiger partial charge is 0.494 e. The highest BCUT2D eigenvalue weighted by molar-refractivity contribution is 8.00. The standard InChI is InChI=1S/C18H15ClFNO3S/c1-2-24-11-4-6-14-16(8-11)25-17(18(22)23)9-15(21-14)10-3-5-13(20)12(19)7-10/h3-8,17H,2,9H2,1H3,(H,22,23)/t17-/m1/s1. The van der Waals surface area contributed by atoms with Gasteiger partial charge in [-0.2, -0.15) is 0 Å². The lowest BCUT2D eigenvalue weighted by molar-refractivity contribution is -0.136. The van der Waals surface area contributed by atoms with Gasteiger partial charge in [-0.15, -0.1) is 11.8 Å². The molecule has 0 bridgehead atoms. The second-order valence-corrected chi connectivity index (χ2v) is 7.05. The number of ether oxygens (including phenoxy) is 1. The number of benzene rings is 2.